The Morgan fingerprint density at radius 3 is 2.87 bits per heavy atom. The molecule has 0 aromatic heterocycles. The highest BCUT2D eigenvalue weighted by Gasteiger charge is 2.31. The van der Waals surface area contributed by atoms with Crippen LogP contribution in [0.3, 0.4) is 0 Å². The van der Waals surface area contributed by atoms with E-state index in [0.29, 0.717) is 63.3 Å². The van der Waals surface area contributed by atoms with Crippen molar-refractivity contribution in [3.05, 3.63) is 29.6 Å². The lowest BCUT2D eigenvalue weighted by Crippen LogP contribution is -2.45. The zero-order valence-electron chi connectivity index (χ0n) is 18.1. The van der Waals surface area contributed by atoms with Crippen molar-refractivity contribution in [2.45, 2.75) is 38.6 Å². The zero-order chi connectivity index (χ0) is 21.8. The van der Waals surface area contributed by atoms with Gasteiger partial charge < -0.3 is 20.7 Å². The molecule has 1 aromatic carbocycles. The monoisotopic (exact) mass is 422 g/mol. The van der Waals surface area contributed by atoms with E-state index in [-0.39, 0.29) is 11.7 Å². The molecule has 3 N–H and O–H groups in total. The lowest BCUT2D eigenvalue weighted by Gasteiger charge is -2.25. The van der Waals surface area contributed by atoms with E-state index in [0.717, 1.165) is 18.5 Å². The van der Waals surface area contributed by atoms with Gasteiger partial charge >= 0.3 is 0 Å². The fourth-order valence-electron chi connectivity index (χ4n) is 3.49. The van der Waals surface area contributed by atoms with E-state index >= 15 is 0 Å². The minimum absolute atomic E-state index is 0.0415. The number of benzene rings is 1. The maximum atomic E-state index is 13.7. The van der Waals surface area contributed by atoms with Crippen LogP contribution in [0.25, 0.3) is 0 Å². The predicted molar refractivity (Wildman–Crippen MR) is 115 cm³/mol. The van der Waals surface area contributed by atoms with Crippen molar-refractivity contribution in [2.24, 2.45) is 5.92 Å². The maximum Gasteiger partial charge on any atom is 0.234 e. The van der Waals surface area contributed by atoms with Crippen LogP contribution in [0.15, 0.2) is 18.2 Å². The predicted octanol–water partition coefficient (Wildman–Crippen LogP) is 1.32. The number of rotatable bonds is 16. The van der Waals surface area contributed by atoms with E-state index in [4.69, 9.17) is 4.74 Å². The number of likely N-dealkylation sites (N-methyl/N-ethyl adjacent to an activating group) is 2. The van der Waals surface area contributed by atoms with E-state index < -0.39 is 0 Å². The Morgan fingerprint density at radius 1 is 1.37 bits per heavy atom. The van der Waals surface area contributed by atoms with Crippen molar-refractivity contribution in [1.29, 1.82) is 0 Å². The van der Waals surface area contributed by atoms with Gasteiger partial charge in [0.15, 0.2) is 0 Å². The molecule has 0 heterocycles. The van der Waals surface area contributed by atoms with Crippen molar-refractivity contribution >= 4 is 12.3 Å². The molecule has 8 heteroatoms. The average Bonchev–Trinajstić information content (AvgIpc) is 3.54. The molecule has 0 saturated heterocycles. The standard InChI is InChI=1S/C22H35FN4O3/c1-3-25-22(29)15-27(2)14-20(17-6-7-17)26-11-12-30-21-13-19(23)9-8-18(21)5-4-10-24-16-28/h8-9,13,16-17,20,26H,3-7,10-12,14-15H2,1-2H3,(H,24,28)(H,25,29). The van der Waals surface area contributed by atoms with Crippen LogP contribution in [0.5, 0.6) is 5.75 Å². The number of nitrogens with zero attached hydrogens (tertiary/aromatic N) is 1. The third-order valence-electron chi connectivity index (χ3n) is 5.13. The number of carbonyl (C=O) groups excluding carboxylic acids is 2. The van der Waals surface area contributed by atoms with Gasteiger partial charge in [0.2, 0.25) is 12.3 Å². The minimum atomic E-state index is -0.324. The lowest BCUT2D eigenvalue weighted by molar-refractivity contribution is -0.121. The molecule has 2 amide bonds. The Labute approximate surface area is 178 Å². The molecule has 1 unspecified atom stereocenters. The fourth-order valence-corrected chi connectivity index (χ4v) is 3.49. The van der Waals surface area contributed by atoms with Crippen molar-refractivity contribution in [3.8, 4) is 5.75 Å². The summed E-state index contributed by atoms with van der Waals surface area (Å²) in [5, 5.41) is 8.99. The highest BCUT2D eigenvalue weighted by Crippen LogP contribution is 2.32. The third-order valence-corrected chi connectivity index (χ3v) is 5.13. The van der Waals surface area contributed by atoms with Crippen LogP contribution in [-0.2, 0) is 16.0 Å². The second-order valence-electron chi connectivity index (χ2n) is 7.82. The number of aryl methyl sites for hydroxylation is 1. The van der Waals surface area contributed by atoms with Gasteiger partial charge in [-0.15, -0.1) is 0 Å². The summed E-state index contributed by atoms with van der Waals surface area (Å²) >= 11 is 0. The molecule has 1 aliphatic rings. The second kappa shape index (κ2) is 13.2. The molecule has 0 radical (unpaired) electrons. The van der Waals surface area contributed by atoms with Gasteiger partial charge in [0, 0.05) is 38.3 Å². The summed E-state index contributed by atoms with van der Waals surface area (Å²) in [5.41, 5.74) is 0.935. The van der Waals surface area contributed by atoms with Crippen LogP contribution in [0.1, 0.15) is 31.7 Å². The van der Waals surface area contributed by atoms with Gasteiger partial charge in [-0.2, -0.15) is 0 Å². The summed E-state index contributed by atoms with van der Waals surface area (Å²) in [6, 6.07) is 4.90. The lowest BCUT2D eigenvalue weighted by atomic mass is 10.1. The highest BCUT2D eigenvalue weighted by molar-refractivity contribution is 5.77. The van der Waals surface area contributed by atoms with Crippen molar-refractivity contribution in [2.75, 3.05) is 46.4 Å². The number of halogens is 1. The summed E-state index contributed by atoms with van der Waals surface area (Å²) in [7, 11) is 1.96. The molecule has 0 aliphatic heterocycles. The quantitative estimate of drug-likeness (QED) is 0.277. The van der Waals surface area contributed by atoms with E-state index in [9.17, 15) is 14.0 Å². The van der Waals surface area contributed by atoms with Crippen LogP contribution in [0, 0.1) is 11.7 Å². The fraction of sp³-hybridized carbons (Fsp3) is 0.636. The topological polar surface area (TPSA) is 82.7 Å². The van der Waals surface area contributed by atoms with E-state index in [1.807, 2.05) is 18.9 Å². The van der Waals surface area contributed by atoms with Crippen molar-refractivity contribution in [3.63, 3.8) is 0 Å². The molecule has 1 aliphatic carbocycles. The SMILES string of the molecule is CCNC(=O)CN(C)CC(NCCOc1cc(F)ccc1CCCNC=O)C1CC1. The first kappa shape index (κ1) is 24.1. The molecule has 2 rings (SSSR count). The van der Waals surface area contributed by atoms with Gasteiger partial charge in [-0.1, -0.05) is 6.07 Å². The van der Waals surface area contributed by atoms with Gasteiger partial charge in [-0.3, -0.25) is 14.5 Å². The van der Waals surface area contributed by atoms with Gasteiger partial charge in [0.25, 0.3) is 0 Å². The molecule has 30 heavy (non-hydrogen) atoms. The Bertz CT molecular complexity index is 670. The first-order chi connectivity index (χ1) is 14.5. The van der Waals surface area contributed by atoms with E-state index in [1.54, 1.807) is 6.07 Å². The summed E-state index contributed by atoms with van der Waals surface area (Å²) in [5.74, 6) is 0.909. The normalized spacial score (nSPS) is 14.4. The summed E-state index contributed by atoms with van der Waals surface area (Å²) in [6.07, 6.45) is 4.56. The Balaban J connectivity index is 1.77. The number of carbonyl (C=O) groups is 2. The molecule has 7 nitrogen and oxygen atoms in total. The molecule has 1 saturated carbocycles. The van der Waals surface area contributed by atoms with Crippen LogP contribution in [0.2, 0.25) is 0 Å². The maximum absolute atomic E-state index is 13.7. The van der Waals surface area contributed by atoms with Gasteiger partial charge in [0.1, 0.15) is 18.2 Å². The Morgan fingerprint density at radius 2 is 2.17 bits per heavy atom. The number of nitrogens with one attached hydrogen (secondary N) is 3. The minimum Gasteiger partial charge on any atom is -0.492 e. The van der Waals surface area contributed by atoms with Crippen LogP contribution in [0.4, 0.5) is 4.39 Å². The Hall–Kier alpha value is -2.19. The first-order valence-electron chi connectivity index (χ1n) is 10.8. The number of hydrogen-bond acceptors (Lipinski definition) is 5. The summed E-state index contributed by atoms with van der Waals surface area (Å²) in [4.78, 5) is 24.1. The Kier molecular flexibility index (Phi) is 10.6. The molecule has 168 valence electrons. The van der Waals surface area contributed by atoms with Crippen LogP contribution >= 0.6 is 0 Å². The number of ether oxygens (including phenoxy) is 1. The van der Waals surface area contributed by atoms with Gasteiger partial charge in [0.05, 0.1) is 6.54 Å². The second-order valence-corrected chi connectivity index (χ2v) is 7.82. The highest BCUT2D eigenvalue weighted by atomic mass is 19.1. The van der Waals surface area contributed by atoms with E-state index in [1.165, 1.54) is 25.0 Å². The van der Waals surface area contributed by atoms with Crippen LogP contribution in [-0.4, -0.2) is 69.6 Å². The molecular formula is C22H35FN4O3. The molecule has 1 atom stereocenters. The summed E-state index contributed by atoms with van der Waals surface area (Å²) in [6.45, 7) is 5.42. The molecule has 1 fully saturated rings. The molecular weight excluding hydrogens is 387 g/mol. The van der Waals surface area contributed by atoms with Gasteiger partial charge in [-0.05, 0) is 57.2 Å². The zero-order valence-corrected chi connectivity index (χ0v) is 18.1. The van der Waals surface area contributed by atoms with Crippen molar-refractivity contribution < 1.29 is 18.7 Å². The molecule has 1 aromatic rings. The number of amides is 2. The van der Waals surface area contributed by atoms with Crippen molar-refractivity contribution in [1.82, 2.24) is 20.9 Å². The van der Waals surface area contributed by atoms with Gasteiger partial charge in [-0.25, -0.2) is 4.39 Å². The third kappa shape index (κ3) is 9.09. The smallest absolute Gasteiger partial charge is 0.234 e. The van der Waals surface area contributed by atoms with Crippen LogP contribution < -0.4 is 20.7 Å². The summed E-state index contributed by atoms with van der Waals surface area (Å²) < 4.78 is 19.5. The first-order valence-corrected chi connectivity index (χ1v) is 10.8. The molecule has 0 spiro atoms. The van der Waals surface area contributed by atoms with E-state index in [2.05, 4.69) is 16.0 Å². The largest absolute Gasteiger partial charge is 0.492 e. The average molecular weight is 423 g/mol. The molecule has 0 bridgehead atoms. The number of hydrogen-bond donors (Lipinski definition) is 3.